The van der Waals surface area contributed by atoms with Crippen molar-refractivity contribution in [3.8, 4) is 0 Å². The molecule has 1 aliphatic carbocycles. The van der Waals surface area contributed by atoms with Crippen molar-refractivity contribution in [1.82, 2.24) is 0 Å². The number of benzene rings is 1. The van der Waals surface area contributed by atoms with E-state index in [0.717, 1.165) is 29.1 Å². The molecule has 0 aliphatic heterocycles. The van der Waals surface area contributed by atoms with Gasteiger partial charge < -0.3 is 11.1 Å². The lowest BCUT2D eigenvalue weighted by atomic mass is 9.93. The predicted molar refractivity (Wildman–Crippen MR) is 70.7 cm³/mol. The van der Waals surface area contributed by atoms with E-state index in [1.165, 1.54) is 0 Å². The van der Waals surface area contributed by atoms with Crippen LogP contribution in [0.2, 0.25) is 0 Å². The summed E-state index contributed by atoms with van der Waals surface area (Å²) in [6.07, 6.45) is 3.27. The first-order chi connectivity index (χ1) is 8.04. The van der Waals surface area contributed by atoms with Gasteiger partial charge in [-0.3, -0.25) is 4.79 Å². The Labute approximate surface area is 102 Å². The zero-order chi connectivity index (χ0) is 12.4. The van der Waals surface area contributed by atoms with E-state index in [1.54, 1.807) is 6.08 Å². The second-order valence-corrected chi connectivity index (χ2v) is 4.85. The third-order valence-electron chi connectivity index (χ3n) is 3.04. The molecule has 3 heteroatoms. The van der Waals surface area contributed by atoms with Crippen molar-refractivity contribution in [3.05, 3.63) is 35.5 Å². The number of nitrogens with one attached hydrogen (secondary N) is 1. The molecule has 3 N–H and O–H groups in total. The largest absolute Gasteiger partial charge is 0.398 e. The molecule has 90 valence electrons. The van der Waals surface area contributed by atoms with E-state index >= 15 is 0 Å². The van der Waals surface area contributed by atoms with Gasteiger partial charge in [0.25, 0.3) is 0 Å². The summed E-state index contributed by atoms with van der Waals surface area (Å²) >= 11 is 0. The molecule has 0 amide bonds. The fourth-order valence-electron chi connectivity index (χ4n) is 2.09. The van der Waals surface area contributed by atoms with Crippen molar-refractivity contribution in [2.24, 2.45) is 5.92 Å². The highest BCUT2D eigenvalue weighted by atomic mass is 16.1. The first kappa shape index (κ1) is 11.7. The molecule has 0 saturated heterocycles. The first-order valence-electron chi connectivity index (χ1n) is 5.91. The van der Waals surface area contributed by atoms with E-state index in [9.17, 15) is 4.79 Å². The van der Waals surface area contributed by atoms with Crippen molar-refractivity contribution in [3.63, 3.8) is 0 Å². The van der Waals surface area contributed by atoms with Crippen molar-refractivity contribution in [2.45, 2.75) is 26.7 Å². The smallest absolute Gasteiger partial charge is 0.157 e. The Hall–Kier alpha value is -1.77. The van der Waals surface area contributed by atoms with Gasteiger partial charge >= 0.3 is 0 Å². The van der Waals surface area contributed by atoms with Crippen LogP contribution in [0.4, 0.5) is 11.4 Å². The molecule has 1 aromatic carbocycles. The zero-order valence-electron chi connectivity index (χ0n) is 10.3. The van der Waals surface area contributed by atoms with Gasteiger partial charge in [-0.15, -0.1) is 0 Å². The number of nitrogen functional groups attached to an aromatic ring is 1. The van der Waals surface area contributed by atoms with Gasteiger partial charge in [0, 0.05) is 29.6 Å². The summed E-state index contributed by atoms with van der Waals surface area (Å²) in [6.45, 7) is 4.07. The Balaban J connectivity index is 2.15. The number of hydrogen-bond acceptors (Lipinski definition) is 3. The predicted octanol–water partition coefficient (Wildman–Crippen LogP) is 2.87. The summed E-state index contributed by atoms with van der Waals surface area (Å²) in [5, 5.41) is 3.27. The fourth-order valence-corrected chi connectivity index (χ4v) is 2.09. The molecule has 0 aromatic heterocycles. The van der Waals surface area contributed by atoms with Crippen LogP contribution in [-0.4, -0.2) is 5.78 Å². The summed E-state index contributed by atoms with van der Waals surface area (Å²) in [5.41, 5.74) is 9.62. The molecule has 0 radical (unpaired) electrons. The molecule has 1 aliphatic rings. The molecule has 3 nitrogen and oxygen atoms in total. The normalized spacial score (nSPS) is 20.0. The Morgan fingerprint density at radius 3 is 2.76 bits per heavy atom. The standard InChI is InChI=1S/C14H18N2O/c1-9-5-12(7-13(17)6-9)16-11-4-3-10(2)14(15)8-11/h3-4,7-9,16H,5-6,15H2,1-2H3. The third kappa shape index (κ3) is 2.87. The van der Waals surface area contributed by atoms with E-state index in [1.807, 2.05) is 25.1 Å². The SMILES string of the molecule is Cc1ccc(NC2=CC(=O)CC(C)C2)cc1N. The van der Waals surface area contributed by atoms with Crippen molar-refractivity contribution >= 4 is 17.2 Å². The number of hydrogen-bond donors (Lipinski definition) is 2. The summed E-state index contributed by atoms with van der Waals surface area (Å²) in [5.74, 6) is 0.615. The van der Waals surface area contributed by atoms with Crippen LogP contribution in [0.15, 0.2) is 30.0 Å². The lowest BCUT2D eigenvalue weighted by Gasteiger charge is -2.20. The minimum Gasteiger partial charge on any atom is -0.398 e. The number of aryl methyl sites for hydroxylation is 1. The van der Waals surface area contributed by atoms with Crippen molar-refractivity contribution in [2.75, 3.05) is 11.1 Å². The number of carbonyl (C=O) groups is 1. The molecule has 0 heterocycles. The monoisotopic (exact) mass is 230 g/mol. The van der Waals surface area contributed by atoms with Gasteiger partial charge in [-0.05, 0) is 37.0 Å². The summed E-state index contributed by atoms with van der Waals surface area (Å²) in [7, 11) is 0. The van der Waals surface area contributed by atoms with Crippen LogP contribution in [0.25, 0.3) is 0 Å². The zero-order valence-corrected chi connectivity index (χ0v) is 10.3. The maximum Gasteiger partial charge on any atom is 0.157 e. The van der Waals surface area contributed by atoms with Crippen LogP contribution in [0.5, 0.6) is 0 Å². The molecule has 0 spiro atoms. The van der Waals surface area contributed by atoms with Gasteiger partial charge in [-0.2, -0.15) is 0 Å². The number of ketones is 1. The second-order valence-electron chi connectivity index (χ2n) is 4.85. The highest BCUT2D eigenvalue weighted by Gasteiger charge is 2.16. The van der Waals surface area contributed by atoms with Gasteiger partial charge in [0.05, 0.1) is 0 Å². The van der Waals surface area contributed by atoms with Crippen LogP contribution in [0.3, 0.4) is 0 Å². The summed E-state index contributed by atoms with van der Waals surface area (Å²) < 4.78 is 0. The number of nitrogens with two attached hydrogens (primary N) is 1. The minimum absolute atomic E-state index is 0.200. The van der Waals surface area contributed by atoms with Crippen molar-refractivity contribution in [1.29, 1.82) is 0 Å². The molecule has 0 bridgehead atoms. The van der Waals surface area contributed by atoms with Crippen LogP contribution < -0.4 is 11.1 Å². The number of anilines is 2. The van der Waals surface area contributed by atoms with E-state index in [2.05, 4.69) is 12.2 Å². The Morgan fingerprint density at radius 1 is 1.35 bits per heavy atom. The average Bonchev–Trinajstić information content (AvgIpc) is 2.22. The Bertz CT molecular complexity index is 477. The summed E-state index contributed by atoms with van der Waals surface area (Å²) in [6, 6.07) is 5.86. The fraction of sp³-hybridized carbons (Fsp3) is 0.357. The molecular weight excluding hydrogens is 212 g/mol. The Morgan fingerprint density at radius 2 is 2.12 bits per heavy atom. The minimum atomic E-state index is 0.200. The molecule has 1 atom stereocenters. The van der Waals surface area contributed by atoms with E-state index < -0.39 is 0 Å². The third-order valence-corrected chi connectivity index (χ3v) is 3.04. The van der Waals surface area contributed by atoms with Gasteiger partial charge in [0.2, 0.25) is 0 Å². The lowest BCUT2D eigenvalue weighted by Crippen LogP contribution is -2.15. The van der Waals surface area contributed by atoms with E-state index in [-0.39, 0.29) is 5.78 Å². The molecule has 2 rings (SSSR count). The maximum atomic E-state index is 11.5. The quantitative estimate of drug-likeness (QED) is 0.768. The van der Waals surface area contributed by atoms with E-state index in [4.69, 9.17) is 5.73 Å². The molecule has 17 heavy (non-hydrogen) atoms. The number of carbonyl (C=O) groups excluding carboxylic acids is 1. The molecule has 1 aromatic rings. The van der Waals surface area contributed by atoms with Gasteiger partial charge in [-0.25, -0.2) is 0 Å². The maximum absolute atomic E-state index is 11.5. The van der Waals surface area contributed by atoms with Crippen LogP contribution in [0.1, 0.15) is 25.3 Å². The van der Waals surface area contributed by atoms with E-state index in [0.29, 0.717) is 12.3 Å². The van der Waals surface area contributed by atoms with Crippen molar-refractivity contribution < 1.29 is 4.79 Å². The molecular formula is C14H18N2O. The number of rotatable bonds is 2. The molecule has 0 saturated carbocycles. The number of allylic oxidation sites excluding steroid dienone is 2. The molecule has 0 fully saturated rings. The Kier molecular flexibility index (Phi) is 3.18. The van der Waals surface area contributed by atoms with Gasteiger partial charge in [-0.1, -0.05) is 13.0 Å². The summed E-state index contributed by atoms with van der Waals surface area (Å²) in [4.78, 5) is 11.5. The highest BCUT2D eigenvalue weighted by Crippen LogP contribution is 2.24. The average molecular weight is 230 g/mol. The van der Waals surface area contributed by atoms with Crippen LogP contribution in [-0.2, 0) is 4.79 Å². The van der Waals surface area contributed by atoms with Gasteiger partial charge in [0.15, 0.2) is 5.78 Å². The molecule has 1 unspecified atom stereocenters. The second kappa shape index (κ2) is 4.62. The topological polar surface area (TPSA) is 55.1 Å². The van der Waals surface area contributed by atoms with Crippen LogP contribution >= 0.6 is 0 Å². The lowest BCUT2D eigenvalue weighted by molar-refractivity contribution is -0.115. The highest BCUT2D eigenvalue weighted by molar-refractivity contribution is 5.92. The van der Waals surface area contributed by atoms with Gasteiger partial charge in [0.1, 0.15) is 0 Å². The first-order valence-corrected chi connectivity index (χ1v) is 5.91. The van der Waals surface area contributed by atoms with Crippen LogP contribution in [0, 0.1) is 12.8 Å².